The fraction of sp³-hybridized carbons (Fsp3) is 0.333. The maximum atomic E-state index is 11.8. The number of pyridine rings is 1. The van der Waals surface area contributed by atoms with E-state index in [-0.39, 0.29) is 11.8 Å². The fourth-order valence-corrected chi connectivity index (χ4v) is 1.93. The number of hydrogen-bond acceptors (Lipinski definition) is 3. The molecule has 2 rings (SSSR count). The number of ether oxygens (including phenoxy) is 1. The summed E-state index contributed by atoms with van der Waals surface area (Å²) in [6.45, 7) is 4.89. The van der Waals surface area contributed by atoms with Crippen LogP contribution in [0.5, 0.6) is 5.75 Å². The third-order valence-corrected chi connectivity index (χ3v) is 3.54. The Morgan fingerprint density at radius 2 is 2.14 bits per heavy atom. The minimum Gasteiger partial charge on any atom is -0.487 e. The van der Waals surface area contributed by atoms with Crippen molar-refractivity contribution in [3.63, 3.8) is 0 Å². The van der Waals surface area contributed by atoms with Crippen LogP contribution in [-0.2, 0) is 17.9 Å². The van der Waals surface area contributed by atoms with Crippen LogP contribution in [0.1, 0.15) is 31.5 Å². The molecular weight excluding hydrogens is 276 g/mol. The topological polar surface area (TPSA) is 51.2 Å². The van der Waals surface area contributed by atoms with E-state index in [1.165, 1.54) is 0 Å². The highest BCUT2D eigenvalue weighted by Crippen LogP contribution is 2.15. The molecule has 1 aromatic carbocycles. The first kappa shape index (κ1) is 16.0. The number of nitrogens with one attached hydrogen (secondary N) is 1. The van der Waals surface area contributed by atoms with Gasteiger partial charge >= 0.3 is 0 Å². The molecule has 1 atom stereocenters. The molecule has 22 heavy (non-hydrogen) atoms. The number of hydrogen-bond donors (Lipinski definition) is 1. The van der Waals surface area contributed by atoms with E-state index in [9.17, 15) is 4.79 Å². The van der Waals surface area contributed by atoms with Crippen LogP contribution in [0.4, 0.5) is 0 Å². The van der Waals surface area contributed by atoms with Gasteiger partial charge in [-0.15, -0.1) is 0 Å². The Morgan fingerprint density at radius 1 is 1.27 bits per heavy atom. The van der Waals surface area contributed by atoms with Gasteiger partial charge in [-0.3, -0.25) is 9.78 Å². The SMILES string of the molecule is CCC(C)C(=O)NCc1cccc(OCc2ccccn2)c1. The van der Waals surface area contributed by atoms with Crippen LogP contribution >= 0.6 is 0 Å². The number of amides is 1. The summed E-state index contributed by atoms with van der Waals surface area (Å²) < 4.78 is 5.73. The van der Waals surface area contributed by atoms with E-state index in [0.29, 0.717) is 13.2 Å². The molecule has 0 fully saturated rings. The summed E-state index contributed by atoms with van der Waals surface area (Å²) in [4.78, 5) is 16.0. The Hall–Kier alpha value is -2.36. The maximum Gasteiger partial charge on any atom is 0.223 e. The quantitative estimate of drug-likeness (QED) is 0.853. The lowest BCUT2D eigenvalue weighted by molar-refractivity contribution is -0.124. The zero-order valence-electron chi connectivity index (χ0n) is 13.1. The number of carbonyl (C=O) groups is 1. The van der Waals surface area contributed by atoms with Crippen LogP contribution in [0.2, 0.25) is 0 Å². The molecule has 1 heterocycles. The van der Waals surface area contributed by atoms with E-state index in [1.807, 2.05) is 56.3 Å². The van der Waals surface area contributed by atoms with Crippen LogP contribution in [0, 0.1) is 5.92 Å². The zero-order chi connectivity index (χ0) is 15.8. The van der Waals surface area contributed by atoms with Crippen LogP contribution in [0.15, 0.2) is 48.7 Å². The molecule has 0 saturated carbocycles. The molecule has 0 aliphatic heterocycles. The Bertz CT molecular complexity index is 599. The van der Waals surface area contributed by atoms with Crippen LogP contribution < -0.4 is 10.1 Å². The number of benzene rings is 1. The number of nitrogens with zero attached hydrogens (tertiary/aromatic N) is 1. The Kier molecular flexibility index (Phi) is 5.95. The van der Waals surface area contributed by atoms with Crippen molar-refractivity contribution in [3.05, 3.63) is 59.9 Å². The molecule has 2 aromatic rings. The largest absolute Gasteiger partial charge is 0.487 e. The molecule has 0 radical (unpaired) electrons. The van der Waals surface area contributed by atoms with Crippen molar-refractivity contribution in [2.45, 2.75) is 33.4 Å². The smallest absolute Gasteiger partial charge is 0.223 e. The lowest BCUT2D eigenvalue weighted by Gasteiger charge is -2.11. The molecule has 0 spiro atoms. The molecule has 4 nitrogen and oxygen atoms in total. The van der Waals surface area contributed by atoms with Crippen molar-refractivity contribution in [2.75, 3.05) is 0 Å². The number of carbonyl (C=O) groups excluding carboxylic acids is 1. The molecule has 1 N–H and O–H groups in total. The van der Waals surface area contributed by atoms with E-state index >= 15 is 0 Å². The lowest BCUT2D eigenvalue weighted by Crippen LogP contribution is -2.28. The van der Waals surface area contributed by atoms with Gasteiger partial charge in [0.15, 0.2) is 0 Å². The first-order valence-electron chi connectivity index (χ1n) is 7.58. The van der Waals surface area contributed by atoms with Crippen molar-refractivity contribution in [1.29, 1.82) is 0 Å². The molecule has 0 aliphatic carbocycles. The summed E-state index contributed by atoms with van der Waals surface area (Å²) in [5, 5.41) is 2.94. The Labute approximate surface area is 131 Å². The van der Waals surface area contributed by atoms with E-state index in [1.54, 1.807) is 6.20 Å². The first-order valence-corrected chi connectivity index (χ1v) is 7.58. The summed E-state index contributed by atoms with van der Waals surface area (Å²) in [5.41, 5.74) is 1.91. The third-order valence-electron chi connectivity index (χ3n) is 3.54. The molecule has 1 aromatic heterocycles. The molecule has 4 heteroatoms. The third kappa shape index (κ3) is 4.88. The summed E-state index contributed by atoms with van der Waals surface area (Å²) >= 11 is 0. The maximum absolute atomic E-state index is 11.8. The van der Waals surface area contributed by atoms with Gasteiger partial charge in [0.1, 0.15) is 12.4 Å². The standard InChI is InChI=1S/C18H22N2O2/c1-3-14(2)18(21)20-12-15-7-6-9-17(11-15)22-13-16-8-4-5-10-19-16/h4-11,14H,3,12-13H2,1-2H3,(H,20,21). The molecule has 0 saturated heterocycles. The second kappa shape index (κ2) is 8.17. The van der Waals surface area contributed by atoms with Gasteiger partial charge in [-0.25, -0.2) is 0 Å². The summed E-state index contributed by atoms with van der Waals surface area (Å²) in [6.07, 6.45) is 2.60. The predicted molar refractivity (Wildman–Crippen MR) is 86.3 cm³/mol. The first-order chi connectivity index (χ1) is 10.7. The van der Waals surface area contributed by atoms with Crippen molar-refractivity contribution in [1.82, 2.24) is 10.3 Å². The van der Waals surface area contributed by atoms with Gasteiger partial charge in [-0.2, -0.15) is 0 Å². The fourth-order valence-electron chi connectivity index (χ4n) is 1.93. The van der Waals surface area contributed by atoms with Gasteiger partial charge in [-0.1, -0.05) is 32.0 Å². The second-order valence-electron chi connectivity index (χ2n) is 5.28. The zero-order valence-corrected chi connectivity index (χ0v) is 13.1. The van der Waals surface area contributed by atoms with Gasteiger partial charge in [0.2, 0.25) is 5.91 Å². The average Bonchev–Trinajstić information content (AvgIpc) is 2.58. The molecule has 1 amide bonds. The van der Waals surface area contributed by atoms with E-state index < -0.39 is 0 Å². The molecular formula is C18H22N2O2. The second-order valence-corrected chi connectivity index (χ2v) is 5.28. The van der Waals surface area contributed by atoms with Crippen molar-refractivity contribution in [2.24, 2.45) is 5.92 Å². The monoisotopic (exact) mass is 298 g/mol. The lowest BCUT2D eigenvalue weighted by atomic mass is 10.1. The summed E-state index contributed by atoms with van der Waals surface area (Å²) in [6, 6.07) is 13.5. The van der Waals surface area contributed by atoms with Gasteiger partial charge < -0.3 is 10.1 Å². The van der Waals surface area contributed by atoms with Crippen LogP contribution in [0.25, 0.3) is 0 Å². The Balaban J connectivity index is 1.88. The molecule has 0 aliphatic rings. The van der Waals surface area contributed by atoms with Gasteiger partial charge in [0.25, 0.3) is 0 Å². The van der Waals surface area contributed by atoms with Crippen molar-refractivity contribution in [3.8, 4) is 5.75 Å². The minimum atomic E-state index is 0.0450. The van der Waals surface area contributed by atoms with Gasteiger partial charge in [0, 0.05) is 18.7 Å². The van der Waals surface area contributed by atoms with E-state index in [0.717, 1.165) is 23.4 Å². The highest BCUT2D eigenvalue weighted by atomic mass is 16.5. The van der Waals surface area contributed by atoms with Crippen molar-refractivity contribution < 1.29 is 9.53 Å². The van der Waals surface area contributed by atoms with Gasteiger partial charge in [-0.05, 0) is 36.2 Å². The number of rotatable bonds is 7. The normalized spacial score (nSPS) is 11.7. The highest BCUT2D eigenvalue weighted by Gasteiger charge is 2.09. The average molecular weight is 298 g/mol. The summed E-state index contributed by atoms with van der Waals surface area (Å²) in [7, 11) is 0. The van der Waals surface area contributed by atoms with Crippen molar-refractivity contribution >= 4 is 5.91 Å². The predicted octanol–water partition coefficient (Wildman–Crippen LogP) is 3.32. The summed E-state index contributed by atoms with van der Waals surface area (Å²) in [5.74, 6) is 0.909. The van der Waals surface area contributed by atoms with E-state index in [2.05, 4.69) is 10.3 Å². The Morgan fingerprint density at radius 3 is 2.86 bits per heavy atom. The molecule has 0 bridgehead atoms. The highest BCUT2D eigenvalue weighted by molar-refractivity contribution is 5.78. The van der Waals surface area contributed by atoms with Gasteiger partial charge in [0.05, 0.1) is 5.69 Å². The molecule has 1 unspecified atom stereocenters. The minimum absolute atomic E-state index is 0.0450. The van der Waals surface area contributed by atoms with Crippen LogP contribution in [0.3, 0.4) is 0 Å². The van der Waals surface area contributed by atoms with E-state index in [4.69, 9.17) is 4.74 Å². The number of aromatic nitrogens is 1. The molecule has 116 valence electrons. The van der Waals surface area contributed by atoms with Crippen LogP contribution in [-0.4, -0.2) is 10.9 Å².